The van der Waals surface area contributed by atoms with Crippen LogP contribution in [0.2, 0.25) is 0 Å². The van der Waals surface area contributed by atoms with Gasteiger partial charge in [-0.25, -0.2) is 9.78 Å². The van der Waals surface area contributed by atoms with E-state index in [0.717, 1.165) is 25.7 Å². The number of esters is 1. The van der Waals surface area contributed by atoms with E-state index in [1.54, 1.807) is 0 Å². The van der Waals surface area contributed by atoms with E-state index in [9.17, 15) is 14.7 Å². The lowest BCUT2D eigenvalue weighted by molar-refractivity contribution is -0.142. The van der Waals surface area contributed by atoms with Gasteiger partial charge in [-0.05, 0) is 12.8 Å². The van der Waals surface area contributed by atoms with E-state index in [1.165, 1.54) is 19.5 Å². The highest BCUT2D eigenvalue weighted by Crippen LogP contribution is 2.26. The Kier molecular flexibility index (Phi) is 5.08. The van der Waals surface area contributed by atoms with Crippen LogP contribution in [0.25, 0.3) is 0 Å². The van der Waals surface area contributed by atoms with Gasteiger partial charge in [0.1, 0.15) is 5.82 Å². The molecule has 1 aliphatic rings. The normalized spacial score (nSPS) is 22.1. The van der Waals surface area contributed by atoms with Crippen LogP contribution >= 0.6 is 0 Å². The minimum absolute atomic E-state index is 0.1000. The molecule has 0 aromatic carbocycles. The van der Waals surface area contributed by atoms with Crippen molar-refractivity contribution >= 4 is 17.8 Å². The maximum atomic E-state index is 11.4. The molecule has 1 aliphatic carbocycles. The Morgan fingerprint density at radius 1 is 1.29 bits per heavy atom. The van der Waals surface area contributed by atoms with Crippen molar-refractivity contribution in [3.05, 3.63) is 18.1 Å². The summed E-state index contributed by atoms with van der Waals surface area (Å²) in [4.78, 5) is 30.9. The second-order valence-corrected chi connectivity index (χ2v) is 5.11. The van der Waals surface area contributed by atoms with Crippen molar-refractivity contribution in [3.8, 4) is 0 Å². The van der Waals surface area contributed by atoms with Crippen LogP contribution in [0.4, 0.5) is 5.82 Å². The van der Waals surface area contributed by atoms with Gasteiger partial charge in [0.25, 0.3) is 0 Å². The minimum atomic E-state index is -0.800. The smallest absolute Gasteiger partial charge is 0.358 e. The van der Waals surface area contributed by atoms with Gasteiger partial charge in [0.15, 0.2) is 5.69 Å². The summed E-state index contributed by atoms with van der Waals surface area (Å²) in [5.74, 6) is -1.42. The molecule has 2 rings (SSSR count). The number of hydrogen-bond donors (Lipinski definition) is 2. The number of ether oxygens (including phenoxy) is 1. The number of carboxylic acid groups (broad SMARTS) is 1. The third kappa shape index (κ3) is 3.90. The van der Waals surface area contributed by atoms with Crippen LogP contribution < -0.4 is 5.32 Å². The fourth-order valence-corrected chi connectivity index (χ4v) is 2.60. The second kappa shape index (κ2) is 7.01. The summed E-state index contributed by atoms with van der Waals surface area (Å²) in [6.45, 7) is 0. The molecule has 2 unspecified atom stereocenters. The lowest BCUT2D eigenvalue weighted by Gasteiger charge is -2.23. The quantitative estimate of drug-likeness (QED) is 0.643. The highest BCUT2D eigenvalue weighted by molar-refractivity contribution is 5.87. The molecule has 1 aromatic rings. The van der Waals surface area contributed by atoms with Crippen LogP contribution in [0.5, 0.6) is 0 Å². The van der Waals surface area contributed by atoms with Crippen molar-refractivity contribution in [1.29, 1.82) is 0 Å². The zero-order valence-corrected chi connectivity index (χ0v) is 11.9. The largest absolute Gasteiger partial charge is 0.481 e. The van der Waals surface area contributed by atoms with Crippen LogP contribution in [-0.2, 0) is 9.53 Å². The van der Waals surface area contributed by atoms with Gasteiger partial charge < -0.3 is 15.2 Å². The van der Waals surface area contributed by atoms with Crippen molar-refractivity contribution < 1.29 is 19.4 Å². The average molecular weight is 293 g/mol. The number of carboxylic acids is 1. The Morgan fingerprint density at radius 2 is 2.05 bits per heavy atom. The van der Waals surface area contributed by atoms with E-state index in [-0.39, 0.29) is 11.7 Å². The van der Waals surface area contributed by atoms with Gasteiger partial charge in [-0.15, -0.1) is 0 Å². The molecular formula is C14H19N3O4. The third-order valence-corrected chi connectivity index (χ3v) is 3.70. The summed E-state index contributed by atoms with van der Waals surface area (Å²) in [7, 11) is 1.27. The molecule has 0 spiro atoms. The average Bonchev–Trinajstić information content (AvgIpc) is 2.72. The first kappa shape index (κ1) is 15.2. The van der Waals surface area contributed by atoms with Crippen LogP contribution in [0.1, 0.15) is 42.6 Å². The summed E-state index contributed by atoms with van der Waals surface area (Å²) in [6.07, 6.45) is 7.15. The maximum Gasteiger partial charge on any atom is 0.358 e. The summed E-state index contributed by atoms with van der Waals surface area (Å²) in [6, 6.07) is -0.202. The van der Waals surface area contributed by atoms with Crippen LogP contribution in [0.3, 0.4) is 0 Å². The Morgan fingerprint density at radius 3 is 2.76 bits per heavy atom. The first-order valence-electron chi connectivity index (χ1n) is 7.01. The number of methoxy groups -OCH3 is 1. The highest BCUT2D eigenvalue weighted by atomic mass is 16.5. The van der Waals surface area contributed by atoms with Gasteiger partial charge in [-0.2, -0.15) is 0 Å². The maximum absolute atomic E-state index is 11.4. The molecule has 114 valence electrons. The van der Waals surface area contributed by atoms with Crippen molar-refractivity contribution in [2.24, 2.45) is 5.92 Å². The number of carbonyl (C=O) groups excluding carboxylic acids is 1. The minimum Gasteiger partial charge on any atom is -0.481 e. The lowest BCUT2D eigenvalue weighted by Crippen LogP contribution is -2.34. The number of nitrogens with zero attached hydrogens (tertiary/aromatic N) is 2. The molecule has 1 saturated carbocycles. The van der Waals surface area contributed by atoms with Gasteiger partial charge >= 0.3 is 11.9 Å². The number of anilines is 1. The Labute approximate surface area is 122 Å². The predicted octanol–water partition coefficient (Wildman–Crippen LogP) is 1.71. The zero-order chi connectivity index (χ0) is 15.2. The highest BCUT2D eigenvalue weighted by Gasteiger charge is 2.29. The molecule has 0 bridgehead atoms. The molecule has 1 aromatic heterocycles. The number of aliphatic carboxylic acids is 1. The molecule has 7 heteroatoms. The van der Waals surface area contributed by atoms with Gasteiger partial charge in [-0.1, -0.05) is 19.3 Å². The van der Waals surface area contributed by atoms with Crippen LogP contribution in [0, 0.1) is 5.92 Å². The molecule has 0 amide bonds. The molecule has 2 atom stereocenters. The Hall–Kier alpha value is -2.18. The van der Waals surface area contributed by atoms with Crippen molar-refractivity contribution in [2.45, 2.75) is 38.1 Å². The lowest BCUT2D eigenvalue weighted by atomic mass is 9.95. The number of hydrogen-bond acceptors (Lipinski definition) is 6. The third-order valence-electron chi connectivity index (χ3n) is 3.70. The number of carbonyl (C=O) groups is 2. The number of aromatic nitrogens is 2. The van der Waals surface area contributed by atoms with Crippen LogP contribution in [0.15, 0.2) is 12.4 Å². The SMILES string of the molecule is COC(=O)c1cncc(NC2CCCCCC2C(=O)O)n1. The molecule has 21 heavy (non-hydrogen) atoms. The fourth-order valence-electron chi connectivity index (χ4n) is 2.60. The van der Waals surface area contributed by atoms with E-state index in [2.05, 4.69) is 20.0 Å². The molecular weight excluding hydrogens is 274 g/mol. The first-order valence-corrected chi connectivity index (χ1v) is 7.01. The molecule has 0 aliphatic heterocycles. The van der Waals surface area contributed by atoms with Crippen LogP contribution in [-0.4, -0.2) is 40.2 Å². The summed E-state index contributed by atoms with van der Waals surface area (Å²) in [5.41, 5.74) is 0.1000. The molecule has 2 N–H and O–H groups in total. The standard InChI is InChI=1S/C14H19N3O4/c1-21-14(20)11-7-15-8-12(17-11)16-10-6-4-2-3-5-9(10)13(18)19/h7-10H,2-6H2,1H3,(H,16,17)(H,18,19). The second-order valence-electron chi connectivity index (χ2n) is 5.11. The van der Waals surface area contributed by atoms with E-state index < -0.39 is 17.9 Å². The first-order chi connectivity index (χ1) is 10.1. The summed E-state index contributed by atoms with van der Waals surface area (Å²) < 4.78 is 4.60. The zero-order valence-electron chi connectivity index (χ0n) is 11.9. The number of nitrogens with one attached hydrogen (secondary N) is 1. The molecule has 7 nitrogen and oxygen atoms in total. The topological polar surface area (TPSA) is 101 Å². The van der Waals surface area contributed by atoms with Gasteiger partial charge in [-0.3, -0.25) is 9.78 Å². The molecule has 0 radical (unpaired) electrons. The van der Waals surface area contributed by atoms with Crippen molar-refractivity contribution in [2.75, 3.05) is 12.4 Å². The Balaban J connectivity index is 2.14. The Bertz CT molecular complexity index is 521. The fraction of sp³-hybridized carbons (Fsp3) is 0.571. The van der Waals surface area contributed by atoms with Gasteiger partial charge in [0.2, 0.25) is 0 Å². The predicted molar refractivity (Wildman–Crippen MR) is 75.0 cm³/mol. The van der Waals surface area contributed by atoms with Crippen molar-refractivity contribution in [1.82, 2.24) is 9.97 Å². The van der Waals surface area contributed by atoms with E-state index >= 15 is 0 Å². The summed E-state index contributed by atoms with van der Waals surface area (Å²) >= 11 is 0. The molecule has 1 fully saturated rings. The monoisotopic (exact) mass is 293 g/mol. The molecule has 0 saturated heterocycles. The van der Waals surface area contributed by atoms with Crippen molar-refractivity contribution in [3.63, 3.8) is 0 Å². The summed E-state index contributed by atoms with van der Waals surface area (Å²) in [5, 5.41) is 12.5. The molecule has 1 heterocycles. The van der Waals surface area contributed by atoms with E-state index in [0.29, 0.717) is 12.2 Å². The van der Waals surface area contributed by atoms with E-state index in [4.69, 9.17) is 0 Å². The number of rotatable bonds is 4. The van der Waals surface area contributed by atoms with E-state index in [1.807, 2.05) is 0 Å². The van der Waals surface area contributed by atoms with Gasteiger partial charge in [0, 0.05) is 6.04 Å². The van der Waals surface area contributed by atoms with Gasteiger partial charge in [0.05, 0.1) is 25.4 Å².